The van der Waals surface area contributed by atoms with Gasteiger partial charge in [-0.15, -0.1) is 11.3 Å². The van der Waals surface area contributed by atoms with Crippen LogP contribution in [0.4, 0.5) is 0 Å². The molecule has 1 N–H and O–H groups in total. The van der Waals surface area contributed by atoms with E-state index in [0.29, 0.717) is 0 Å². The Balaban J connectivity index is 2.52. The van der Waals surface area contributed by atoms with Crippen molar-refractivity contribution in [3.8, 4) is 0 Å². The number of thioether (sulfide) groups is 1. The molecule has 4 heteroatoms. The van der Waals surface area contributed by atoms with Gasteiger partial charge in [0.05, 0.1) is 16.7 Å². The molecule has 0 saturated carbocycles. The molecule has 0 saturated heterocycles. The highest BCUT2D eigenvalue weighted by Gasteiger charge is 2.11. The number of aliphatic hydroxyl groups excluding tert-OH is 1. The maximum absolute atomic E-state index is 9.50. The van der Waals surface area contributed by atoms with Gasteiger partial charge in [-0.1, -0.05) is 13.8 Å². The van der Waals surface area contributed by atoms with Crippen molar-refractivity contribution in [3.63, 3.8) is 0 Å². The average molecular weight is 245 g/mol. The van der Waals surface area contributed by atoms with E-state index in [2.05, 4.69) is 18.8 Å². The van der Waals surface area contributed by atoms with Crippen LogP contribution < -0.4 is 0 Å². The second-order valence-corrected chi connectivity index (χ2v) is 6.29. The smallest absolute Gasteiger partial charge is 0.103 e. The summed E-state index contributed by atoms with van der Waals surface area (Å²) in [5.41, 5.74) is 0.982. The molecule has 0 aliphatic heterocycles. The monoisotopic (exact) mass is 245 g/mol. The van der Waals surface area contributed by atoms with Crippen molar-refractivity contribution in [2.24, 2.45) is 5.92 Å². The van der Waals surface area contributed by atoms with Crippen molar-refractivity contribution in [2.75, 3.05) is 5.75 Å². The highest BCUT2D eigenvalue weighted by atomic mass is 32.2. The quantitative estimate of drug-likeness (QED) is 0.863. The fourth-order valence-corrected chi connectivity index (χ4v) is 3.41. The lowest BCUT2D eigenvalue weighted by Crippen LogP contribution is -1.91. The summed E-state index contributed by atoms with van der Waals surface area (Å²) in [6, 6.07) is 0. The van der Waals surface area contributed by atoms with E-state index in [1.54, 1.807) is 18.3 Å². The van der Waals surface area contributed by atoms with Gasteiger partial charge in [0, 0.05) is 5.75 Å². The Morgan fingerprint density at radius 3 is 2.53 bits per heavy atom. The van der Waals surface area contributed by atoms with Gasteiger partial charge in [-0.3, -0.25) is 0 Å². The highest BCUT2D eigenvalue weighted by Crippen LogP contribution is 2.27. The van der Waals surface area contributed by atoms with Crippen LogP contribution in [0.3, 0.4) is 0 Å². The number of aryl methyl sites for hydroxylation is 1. The maximum atomic E-state index is 9.50. The molecule has 0 fully saturated rings. The lowest BCUT2D eigenvalue weighted by molar-refractivity contribution is 0.202. The number of aliphatic hydroxyl groups is 1. The van der Waals surface area contributed by atoms with E-state index in [-0.39, 0.29) is 6.10 Å². The zero-order valence-corrected chi connectivity index (χ0v) is 11.4. The van der Waals surface area contributed by atoms with E-state index in [4.69, 9.17) is 0 Å². The molecule has 1 atom stereocenters. The summed E-state index contributed by atoms with van der Waals surface area (Å²) in [5, 5.41) is 10.6. The van der Waals surface area contributed by atoms with E-state index in [0.717, 1.165) is 27.2 Å². The van der Waals surface area contributed by atoms with E-state index >= 15 is 0 Å². The Morgan fingerprint density at radius 1 is 1.40 bits per heavy atom. The molecule has 1 aromatic heterocycles. The van der Waals surface area contributed by atoms with Gasteiger partial charge in [-0.2, -0.15) is 11.8 Å². The van der Waals surface area contributed by atoms with Crippen molar-refractivity contribution in [3.05, 3.63) is 15.6 Å². The molecule has 2 nitrogen and oxygen atoms in total. The molecule has 0 amide bonds. The first-order valence-electron chi connectivity index (χ1n) is 5.22. The summed E-state index contributed by atoms with van der Waals surface area (Å²) in [5.74, 6) is 2.87. The Kier molecular flexibility index (Phi) is 5.09. The van der Waals surface area contributed by atoms with Crippen molar-refractivity contribution in [1.82, 2.24) is 4.98 Å². The first-order chi connectivity index (χ1) is 7.00. The number of hydrogen-bond acceptors (Lipinski definition) is 4. The minimum absolute atomic E-state index is 0.383. The SMILES string of the molecule is Cc1nc(CSCC(C)C)sc1C(C)O. The molecule has 86 valence electrons. The lowest BCUT2D eigenvalue weighted by Gasteiger charge is -2.01. The van der Waals surface area contributed by atoms with Gasteiger partial charge in [0.15, 0.2) is 0 Å². The van der Waals surface area contributed by atoms with Crippen LogP contribution in [-0.4, -0.2) is 15.8 Å². The van der Waals surface area contributed by atoms with Crippen LogP contribution in [0, 0.1) is 12.8 Å². The Hall–Kier alpha value is -0.0600. The Morgan fingerprint density at radius 2 is 2.07 bits per heavy atom. The summed E-state index contributed by atoms with van der Waals surface area (Å²) in [6.45, 7) is 8.21. The number of thiazole rings is 1. The van der Waals surface area contributed by atoms with Crippen LogP contribution in [0.15, 0.2) is 0 Å². The third-order valence-corrected chi connectivity index (χ3v) is 4.82. The number of aromatic nitrogens is 1. The predicted octanol–water partition coefficient (Wildman–Crippen LogP) is 3.39. The third kappa shape index (κ3) is 4.13. The number of rotatable bonds is 5. The van der Waals surface area contributed by atoms with Gasteiger partial charge in [-0.25, -0.2) is 4.98 Å². The topological polar surface area (TPSA) is 33.1 Å². The van der Waals surface area contributed by atoms with Crippen LogP contribution in [0.2, 0.25) is 0 Å². The fourth-order valence-electron chi connectivity index (χ4n) is 1.30. The molecule has 1 rings (SSSR count). The van der Waals surface area contributed by atoms with E-state index in [1.807, 2.05) is 18.7 Å². The van der Waals surface area contributed by atoms with Crippen molar-refractivity contribution < 1.29 is 5.11 Å². The highest BCUT2D eigenvalue weighted by molar-refractivity contribution is 7.98. The molecular formula is C11H19NOS2. The van der Waals surface area contributed by atoms with E-state index < -0.39 is 0 Å². The van der Waals surface area contributed by atoms with E-state index in [9.17, 15) is 5.11 Å². The fraction of sp³-hybridized carbons (Fsp3) is 0.727. The third-order valence-electron chi connectivity index (χ3n) is 1.93. The van der Waals surface area contributed by atoms with Crippen LogP contribution in [-0.2, 0) is 5.75 Å². The molecule has 1 unspecified atom stereocenters. The van der Waals surface area contributed by atoms with Crippen LogP contribution in [0.1, 0.15) is 42.5 Å². The average Bonchev–Trinajstić information content (AvgIpc) is 2.46. The van der Waals surface area contributed by atoms with Gasteiger partial charge in [0.1, 0.15) is 5.01 Å². The zero-order valence-electron chi connectivity index (χ0n) is 9.78. The van der Waals surface area contributed by atoms with Crippen LogP contribution >= 0.6 is 23.1 Å². The first kappa shape index (κ1) is 13.0. The minimum atomic E-state index is -0.383. The normalized spacial score (nSPS) is 13.5. The lowest BCUT2D eigenvalue weighted by atomic mass is 10.3. The second kappa shape index (κ2) is 5.87. The minimum Gasteiger partial charge on any atom is -0.388 e. The largest absolute Gasteiger partial charge is 0.388 e. The summed E-state index contributed by atoms with van der Waals surface area (Å²) >= 11 is 3.55. The molecule has 1 heterocycles. The molecule has 0 bridgehead atoms. The Labute approximate surface area is 100 Å². The molecule has 0 aliphatic carbocycles. The van der Waals surface area contributed by atoms with Gasteiger partial charge in [0.25, 0.3) is 0 Å². The van der Waals surface area contributed by atoms with Crippen LogP contribution in [0.25, 0.3) is 0 Å². The maximum Gasteiger partial charge on any atom is 0.103 e. The molecule has 0 aromatic carbocycles. The molecule has 0 aliphatic rings. The zero-order chi connectivity index (χ0) is 11.4. The Bertz CT molecular complexity index is 308. The molecule has 1 aromatic rings. The molecular weight excluding hydrogens is 226 g/mol. The van der Waals surface area contributed by atoms with E-state index in [1.165, 1.54) is 5.75 Å². The molecule has 0 spiro atoms. The second-order valence-electron chi connectivity index (χ2n) is 4.14. The van der Waals surface area contributed by atoms with Gasteiger partial charge in [0.2, 0.25) is 0 Å². The van der Waals surface area contributed by atoms with Gasteiger partial charge < -0.3 is 5.11 Å². The van der Waals surface area contributed by atoms with Gasteiger partial charge >= 0.3 is 0 Å². The summed E-state index contributed by atoms with van der Waals surface area (Å²) in [7, 11) is 0. The van der Waals surface area contributed by atoms with Crippen molar-refractivity contribution in [2.45, 2.75) is 39.6 Å². The van der Waals surface area contributed by atoms with Gasteiger partial charge in [-0.05, 0) is 25.5 Å². The van der Waals surface area contributed by atoms with Crippen molar-refractivity contribution in [1.29, 1.82) is 0 Å². The standard InChI is InChI=1S/C11H19NOS2/c1-7(2)5-14-6-10-12-8(3)11(15-10)9(4)13/h7,9,13H,5-6H2,1-4H3. The predicted molar refractivity (Wildman–Crippen MR) is 68.5 cm³/mol. The number of hydrogen-bond donors (Lipinski definition) is 1. The summed E-state index contributed by atoms with van der Waals surface area (Å²) < 4.78 is 0. The van der Waals surface area contributed by atoms with Crippen LogP contribution in [0.5, 0.6) is 0 Å². The summed E-state index contributed by atoms with van der Waals surface area (Å²) in [4.78, 5) is 5.48. The number of nitrogens with zero attached hydrogens (tertiary/aromatic N) is 1. The molecule has 0 radical (unpaired) electrons. The molecule has 15 heavy (non-hydrogen) atoms. The summed E-state index contributed by atoms with van der Waals surface area (Å²) in [6.07, 6.45) is -0.383. The first-order valence-corrected chi connectivity index (χ1v) is 7.19. The van der Waals surface area contributed by atoms with Crippen molar-refractivity contribution >= 4 is 23.1 Å².